The lowest BCUT2D eigenvalue weighted by Gasteiger charge is -2.00. The zero-order chi connectivity index (χ0) is 7.28. The molecule has 0 radical (unpaired) electrons. The van der Waals surface area contributed by atoms with Gasteiger partial charge in [0, 0.05) is 0 Å². The normalized spacial score (nSPS) is 11.7. The van der Waals surface area contributed by atoms with E-state index in [1.165, 1.54) is 6.92 Å². The molecule has 50 valence electrons. The predicted molar refractivity (Wildman–Crippen MR) is 31.5 cm³/mol. The highest BCUT2D eigenvalue weighted by atomic mass is 16.5. The Labute approximate surface area is 53.6 Å². The third-order valence-electron chi connectivity index (χ3n) is 0.639. The molecule has 0 aliphatic rings. The minimum atomic E-state index is -1.08. The summed E-state index contributed by atoms with van der Waals surface area (Å²) in [6.45, 7) is 1.24. The Kier molecular flexibility index (Phi) is 3.49. The number of ether oxygens (including phenoxy) is 1. The largest absolute Gasteiger partial charge is 0.451 e. The molecule has 1 N–H and O–H groups in total. The van der Waals surface area contributed by atoms with Crippen LogP contribution in [0.2, 0.25) is 0 Å². The van der Waals surface area contributed by atoms with E-state index in [1.807, 2.05) is 0 Å². The molecule has 0 fully saturated rings. The van der Waals surface area contributed by atoms with Crippen LogP contribution in [0.3, 0.4) is 0 Å². The molecule has 0 amide bonds. The molecule has 0 aliphatic carbocycles. The van der Waals surface area contributed by atoms with Gasteiger partial charge in [0.05, 0.1) is 0 Å². The highest BCUT2D eigenvalue weighted by Crippen LogP contribution is 1.84. The Morgan fingerprint density at radius 3 is 2.89 bits per heavy atom. The number of rotatable bonds is 2. The summed E-state index contributed by atoms with van der Waals surface area (Å²) in [4.78, 5) is 10.3. The van der Waals surface area contributed by atoms with E-state index in [1.54, 1.807) is 0 Å². The Morgan fingerprint density at radius 2 is 2.56 bits per heavy atom. The van der Waals surface area contributed by atoms with Gasteiger partial charge in [-0.05, 0) is 6.92 Å². The molecular weight excluding hydrogens is 120 g/mol. The highest BCUT2D eigenvalue weighted by Gasteiger charge is 2.07. The van der Waals surface area contributed by atoms with Crippen molar-refractivity contribution in [3.63, 3.8) is 0 Å². The number of carbonyl (C=O) groups is 1. The van der Waals surface area contributed by atoms with Gasteiger partial charge in [-0.2, -0.15) is 0 Å². The Morgan fingerprint density at radius 1 is 2.00 bits per heavy atom. The number of aliphatic hydroxyl groups is 1. The SMILES string of the molecule is C#CCOC(=O)[C@H](C)O. The Balaban J connectivity index is 3.42. The van der Waals surface area contributed by atoms with Crippen molar-refractivity contribution in [3.05, 3.63) is 0 Å². The van der Waals surface area contributed by atoms with Crippen LogP contribution in [-0.4, -0.2) is 23.8 Å². The number of hydrogen-bond acceptors (Lipinski definition) is 3. The van der Waals surface area contributed by atoms with Crippen LogP contribution in [0.15, 0.2) is 0 Å². The fourth-order valence-electron chi connectivity index (χ4n) is 0.233. The highest BCUT2D eigenvalue weighted by molar-refractivity contribution is 5.73. The van der Waals surface area contributed by atoms with Gasteiger partial charge in [-0.3, -0.25) is 0 Å². The average molecular weight is 128 g/mol. The fraction of sp³-hybridized carbons (Fsp3) is 0.500. The zero-order valence-electron chi connectivity index (χ0n) is 5.13. The number of esters is 1. The van der Waals surface area contributed by atoms with Crippen molar-refractivity contribution in [2.75, 3.05) is 6.61 Å². The van der Waals surface area contributed by atoms with Gasteiger partial charge in [-0.25, -0.2) is 4.79 Å². The molecule has 1 atom stereocenters. The van der Waals surface area contributed by atoms with Crippen LogP contribution in [0.25, 0.3) is 0 Å². The second kappa shape index (κ2) is 3.93. The lowest BCUT2D eigenvalue weighted by atomic mass is 10.4. The van der Waals surface area contributed by atoms with Crippen molar-refractivity contribution in [3.8, 4) is 12.3 Å². The molecule has 3 nitrogen and oxygen atoms in total. The average Bonchev–Trinajstić information content (AvgIpc) is 1.82. The Bertz CT molecular complexity index is 132. The van der Waals surface area contributed by atoms with Gasteiger partial charge in [-0.1, -0.05) is 5.92 Å². The van der Waals surface area contributed by atoms with Crippen LogP contribution < -0.4 is 0 Å². The van der Waals surface area contributed by atoms with Crippen molar-refractivity contribution in [1.82, 2.24) is 0 Å². The molecule has 0 rings (SSSR count). The fourth-order valence-corrected chi connectivity index (χ4v) is 0.233. The summed E-state index contributed by atoms with van der Waals surface area (Å²) in [5, 5.41) is 8.50. The number of carbonyl (C=O) groups excluding carboxylic acids is 1. The molecule has 0 aromatic heterocycles. The minimum Gasteiger partial charge on any atom is -0.451 e. The second-order valence-electron chi connectivity index (χ2n) is 1.49. The maximum atomic E-state index is 10.3. The lowest BCUT2D eigenvalue weighted by Crippen LogP contribution is -2.19. The van der Waals surface area contributed by atoms with Crippen molar-refractivity contribution in [1.29, 1.82) is 0 Å². The molecule has 0 heterocycles. The van der Waals surface area contributed by atoms with E-state index in [2.05, 4.69) is 10.7 Å². The third-order valence-corrected chi connectivity index (χ3v) is 0.639. The molecule has 0 saturated heterocycles. The monoisotopic (exact) mass is 128 g/mol. The van der Waals surface area contributed by atoms with Gasteiger partial charge < -0.3 is 9.84 Å². The first-order valence-electron chi connectivity index (χ1n) is 2.46. The van der Waals surface area contributed by atoms with Crippen molar-refractivity contribution in [2.45, 2.75) is 13.0 Å². The quantitative estimate of drug-likeness (QED) is 0.404. The van der Waals surface area contributed by atoms with Crippen LogP contribution in [0.1, 0.15) is 6.92 Å². The molecule has 0 aliphatic heterocycles. The van der Waals surface area contributed by atoms with E-state index < -0.39 is 12.1 Å². The van der Waals surface area contributed by atoms with Crippen LogP contribution in [0.5, 0.6) is 0 Å². The van der Waals surface area contributed by atoms with Gasteiger partial charge in [0.15, 0.2) is 6.61 Å². The van der Waals surface area contributed by atoms with Gasteiger partial charge in [-0.15, -0.1) is 6.42 Å². The second-order valence-corrected chi connectivity index (χ2v) is 1.49. The lowest BCUT2D eigenvalue weighted by molar-refractivity contribution is -0.150. The summed E-state index contributed by atoms with van der Waals surface area (Å²) in [5.74, 6) is 1.41. The summed E-state index contributed by atoms with van der Waals surface area (Å²) >= 11 is 0. The first-order chi connectivity index (χ1) is 4.18. The summed E-state index contributed by atoms with van der Waals surface area (Å²) in [7, 11) is 0. The third kappa shape index (κ3) is 3.56. The van der Waals surface area contributed by atoms with Crippen molar-refractivity contribution >= 4 is 5.97 Å². The van der Waals surface area contributed by atoms with Gasteiger partial charge in [0.1, 0.15) is 6.10 Å². The van der Waals surface area contributed by atoms with E-state index in [-0.39, 0.29) is 6.61 Å². The molecule has 0 aromatic rings. The number of aliphatic hydroxyl groups excluding tert-OH is 1. The van der Waals surface area contributed by atoms with Crippen molar-refractivity contribution < 1.29 is 14.6 Å². The first-order valence-corrected chi connectivity index (χ1v) is 2.46. The Hall–Kier alpha value is -1.01. The maximum Gasteiger partial charge on any atom is 0.335 e. The molecular formula is C6H8O3. The van der Waals surface area contributed by atoms with Crippen LogP contribution >= 0.6 is 0 Å². The summed E-state index contributed by atoms with van der Waals surface area (Å²) in [6, 6.07) is 0. The van der Waals surface area contributed by atoms with Crippen molar-refractivity contribution in [2.24, 2.45) is 0 Å². The van der Waals surface area contributed by atoms with E-state index in [0.29, 0.717) is 0 Å². The summed E-state index contributed by atoms with van der Waals surface area (Å²) in [6.07, 6.45) is 3.68. The van der Waals surface area contributed by atoms with Gasteiger partial charge in [0.25, 0.3) is 0 Å². The standard InChI is InChI=1S/C6H8O3/c1-3-4-9-6(8)5(2)7/h1,5,7H,4H2,2H3/t5-/m0/s1. The zero-order valence-corrected chi connectivity index (χ0v) is 5.13. The summed E-state index contributed by atoms with van der Waals surface area (Å²) in [5.41, 5.74) is 0. The minimum absolute atomic E-state index is 0.0796. The molecule has 3 heteroatoms. The molecule has 9 heavy (non-hydrogen) atoms. The molecule has 0 aromatic carbocycles. The first kappa shape index (κ1) is 7.99. The number of terminal acetylenes is 1. The van der Waals surface area contributed by atoms with Gasteiger partial charge >= 0.3 is 5.97 Å². The van der Waals surface area contributed by atoms with Crippen LogP contribution in [0.4, 0.5) is 0 Å². The van der Waals surface area contributed by atoms with E-state index >= 15 is 0 Å². The van der Waals surface area contributed by atoms with Crippen LogP contribution in [-0.2, 0) is 9.53 Å². The number of hydrogen-bond donors (Lipinski definition) is 1. The predicted octanol–water partition coefficient (Wildman–Crippen LogP) is -0.456. The summed E-state index contributed by atoms with van der Waals surface area (Å²) < 4.78 is 4.33. The molecule has 0 unspecified atom stereocenters. The van der Waals surface area contributed by atoms with E-state index in [9.17, 15) is 4.79 Å². The van der Waals surface area contributed by atoms with E-state index in [0.717, 1.165) is 0 Å². The molecule has 0 spiro atoms. The van der Waals surface area contributed by atoms with Gasteiger partial charge in [0.2, 0.25) is 0 Å². The molecule has 0 bridgehead atoms. The topological polar surface area (TPSA) is 46.5 Å². The molecule has 0 saturated carbocycles. The van der Waals surface area contributed by atoms with Crippen LogP contribution in [0, 0.1) is 12.3 Å². The smallest absolute Gasteiger partial charge is 0.335 e. The maximum absolute atomic E-state index is 10.3. The van der Waals surface area contributed by atoms with E-state index in [4.69, 9.17) is 11.5 Å².